The number of rotatable bonds is 10. The summed E-state index contributed by atoms with van der Waals surface area (Å²) >= 11 is 0. The highest BCUT2D eigenvalue weighted by molar-refractivity contribution is 7.92. The molecule has 0 aliphatic carbocycles. The second kappa shape index (κ2) is 12.2. The smallest absolute Gasteiger partial charge is 0.238 e. The molecule has 11 heteroatoms. The molecule has 1 aliphatic heterocycles. The molecule has 9 nitrogen and oxygen atoms in total. The normalized spacial score (nSPS) is 15.0. The Hall–Kier alpha value is -4.09. The summed E-state index contributed by atoms with van der Waals surface area (Å²) in [6.07, 6.45) is 1.40. The second-order valence-corrected chi connectivity index (χ2v) is 12.4. The van der Waals surface area contributed by atoms with E-state index < -0.39 is 21.8 Å². The molecule has 1 aliphatic rings. The van der Waals surface area contributed by atoms with Gasteiger partial charge in [0.15, 0.2) is 0 Å². The van der Waals surface area contributed by atoms with Crippen molar-refractivity contribution in [1.82, 2.24) is 9.80 Å². The van der Waals surface area contributed by atoms with E-state index in [1.807, 2.05) is 43.3 Å². The van der Waals surface area contributed by atoms with Crippen LogP contribution in [-0.2, 0) is 26.0 Å². The van der Waals surface area contributed by atoms with Crippen molar-refractivity contribution in [1.29, 1.82) is 0 Å². The summed E-state index contributed by atoms with van der Waals surface area (Å²) in [4.78, 5) is 33.6. The van der Waals surface area contributed by atoms with Crippen molar-refractivity contribution < 1.29 is 22.4 Å². The molecule has 0 spiro atoms. The van der Waals surface area contributed by atoms with Crippen LogP contribution in [0.5, 0.6) is 0 Å². The van der Waals surface area contributed by atoms with Crippen molar-refractivity contribution in [2.45, 2.75) is 12.3 Å². The summed E-state index contributed by atoms with van der Waals surface area (Å²) in [6.45, 7) is 0.835. The fourth-order valence-corrected chi connectivity index (χ4v) is 5.46. The predicted octanol–water partition coefficient (Wildman–Crippen LogP) is 3.64. The third kappa shape index (κ3) is 7.17. The highest BCUT2D eigenvalue weighted by Crippen LogP contribution is 2.37. The molecule has 0 saturated heterocycles. The molecule has 0 saturated carbocycles. The van der Waals surface area contributed by atoms with Gasteiger partial charge < -0.3 is 15.1 Å². The number of anilines is 2. The lowest BCUT2D eigenvalue weighted by atomic mass is 9.90. The van der Waals surface area contributed by atoms with E-state index in [0.717, 1.165) is 5.56 Å². The fraction of sp³-hybridized carbons (Fsp3) is 0.300. The van der Waals surface area contributed by atoms with Crippen LogP contribution in [0.3, 0.4) is 0 Å². The van der Waals surface area contributed by atoms with Gasteiger partial charge in [-0.25, -0.2) is 12.8 Å². The van der Waals surface area contributed by atoms with Crippen LogP contribution in [0.25, 0.3) is 0 Å². The van der Waals surface area contributed by atoms with Gasteiger partial charge in [-0.2, -0.15) is 0 Å². The van der Waals surface area contributed by atoms with Crippen molar-refractivity contribution in [2.75, 3.05) is 57.2 Å². The number of carbonyl (C=O) groups is 2. The molecule has 4 rings (SSSR count). The minimum absolute atomic E-state index is 0.0356. The number of hydrogen-bond acceptors (Lipinski definition) is 6. The number of hydrogen-bond donors (Lipinski definition) is 1. The van der Waals surface area contributed by atoms with E-state index in [9.17, 15) is 22.4 Å². The lowest BCUT2D eigenvalue weighted by Crippen LogP contribution is -2.35. The third-order valence-corrected chi connectivity index (χ3v) is 7.96. The third-order valence-electron chi connectivity index (χ3n) is 6.76. The number of carbonyl (C=O) groups excluding carboxylic acids is 2. The largest absolute Gasteiger partial charge is 0.349 e. The van der Waals surface area contributed by atoms with Crippen molar-refractivity contribution in [3.63, 3.8) is 0 Å². The van der Waals surface area contributed by atoms with Crippen LogP contribution in [0.1, 0.15) is 22.6 Å². The van der Waals surface area contributed by atoms with E-state index in [1.54, 1.807) is 44.4 Å². The zero-order chi connectivity index (χ0) is 29.9. The Morgan fingerprint density at radius 1 is 0.951 bits per heavy atom. The maximum Gasteiger partial charge on any atom is 0.238 e. The van der Waals surface area contributed by atoms with Crippen LogP contribution in [-0.4, -0.2) is 83.3 Å². The summed E-state index contributed by atoms with van der Waals surface area (Å²) < 4.78 is 40.2. The summed E-state index contributed by atoms with van der Waals surface area (Å²) in [6, 6.07) is 18.2. The average molecular weight is 580 g/mol. The number of benzene rings is 3. The van der Waals surface area contributed by atoms with Gasteiger partial charge in [-0.1, -0.05) is 30.3 Å². The molecule has 1 unspecified atom stereocenters. The van der Waals surface area contributed by atoms with Gasteiger partial charge in [0.25, 0.3) is 0 Å². The van der Waals surface area contributed by atoms with Crippen LogP contribution in [0.2, 0.25) is 0 Å². The number of sulfonamides is 1. The maximum absolute atomic E-state index is 13.9. The number of amides is 2. The summed E-state index contributed by atoms with van der Waals surface area (Å²) in [5.74, 6) is -1.63. The Kier molecular flexibility index (Phi) is 8.89. The molecule has 41 heavy (non-hydrogen) atoms. The van der Waals surface area contributed by atoms with Crippen LogP contribution in [0.15, 0.2) is 71.7 Å². The van der Waals surface area contributed by atoms with Gasteiger partial charge in [0.05, 0.1) is 29.8 Å². The molecule has 3 aromatic carbocycles. The predicted molar refractivity (Wildman–Crippen MR) is 160 cm³/mol. The van der Waals surface area contributed by atoms with Crippen LogP contribution < -0.4 is 9.62 Å². The fourth-order valence-electron chi connectivity index (χ4n) is 4.54. The SMILES string of the molecule is CN(C)CCN(c1ccc(N=C(c2ccc(CC(=O)N(C)C)cc2)C2C(=O)Nc3cc(F)ccc32)cc1)S(C)(=O)=O. The number of fused-ring (bicyclic) bond motifs is 1. The molecule has 1 N–H and O–H groups in total. The van der Waals surface area contributed by atoms with Crippen molar-refractivity contribution in [3.8, 4) is 0 Å². The Bertz CT molecular complexity index is 1570. The Morgan fingerprint density at radius 2 is 1.61 bits per heavy atom. The summed E-state index contributed by atoms with van der Waals surface area (Å²) in [5, 5.41) is 2.75. The number of nitrogens with zero attached hydrogens (tertiary/aromatic N) is 4. The molecule has 1 heterocycles. The molecule has 0 fully saturated rings. The minimum Gasteiger partial charge on any atom is -0.349 e. The van der Waals surface area contributed by atoms with E-state index in [0.29, 0.717) is 40.4 Å². The number of likely N-dealkylation sites (N-methyl/N-ethyl adjacent to an activating group) is 2. The Labute approximate surface area is 240 Å². The first kappa shape index (κ1) is 29.9. The van der Waals surface area contributed by atoms with Gasteiger partial charge >= 0.3 is 0 Å². The van der Waals surface area contributed by atoms with Gasteiger partial charge in [-0.3, -0.25) is 18.9 Å². The standard InChI is InChI=1S/C30H34FN5O4S/c1-34(2)16-17-36(41(5,39)40)24-13-11-23(12-14-24)32-29(21-8-6-20(7-9-21)18-27(37)35(3)4)28-25-15-10-22(31)19-26(25)33-30(28)38/h6-15,19,28H,16-18H2,1-5H3,(H,33,38). The zero-order valence-electron chi connectivity index (χ0n) is 23.8. The zero-order valence-corrected chi connectivity index (χ0v) is 24.6. The number of nitrogens with one attached hydrogen (secondary N) is 1. The van der Waals surface area contributed by atoms with Crippen LogP contribution >= 0.6 is 0 Å². The first-order valence-electron chi connectivity index (χ1n) is 13.0. The number of halogens is 1. The Morgan fingerprint density at radius 3 is 2.20 bits per heavy atom. The molecule has 0 radical (unpaired) electrons. The first-order chi connectivity index (χ1) is 19.3. The first-order valence-corrected chi connectivity index (χ1v) is 14.9. The van der Waals surface area contributed by atoms with Crippen molar-refractivity contribution in [2.24, 2.45) is 4.99 Å². The molecule has 2 amide bonds. The van der Waals surface area contributed by atoms with Crippen molar-refractivity contribution in [3.05, 3.63) is 89.2 Å². The second-order valence-electron chi connectivity index (χ2n) is 10.5. The van der Waals surface area contributed by atoms with Gasteiger partial charge in [-0.05, 0) is 67.2 Å². The summed E-state index contributed by atoms with van der Waals surface area (Å²) in [7, 11) is 3.63. The van der Waals surface area contributed by atoms with E-state index in [-0.39, 0.29) is 24.8 Å². The average Bonchev–Trinajstić information content (AvgIpc) is 3.22. The quantitative estimate of drug-likeness (QED) is 0.370. The molecule has 0 aromatic heterocycles. The van der Waals surface area contributed by atoms with E-state index in [1.165, 1.54) is 27.6 Å². The Balaban J connectivity index is 1.74. The van der Waals surface area contributed by atoms with Crippen LogP contribution in [0.4, 0.5) is 21.5 Å². The monoisotopic (exact) mass is 579 g/mol. The maximum atomic E-state index is 13.9. The van der Waals surface area contributed by atoms with E-state index in [2.05, 4.69) is 5.32 Å². The van der Waals surface area contributed by atoms with Gasteiger partial charge in [0, 0.05) is 32.9 Å². The lowest BCUT2D eigenvalue weighted by molar-refractivity contribution is -0.128. The molecule has 0 bridgehead atoms. The minimum atomic E-state index is -3.51. The lowest BCUT2D eigenvalue weighted by Gasteiger charge is -2.24. The van der Waals surface area contributed by atoms with Crippen molar-refractivity contribution >= 4 is 44.6 Å². The van der Waals surface area contributed by atoms with Gasteiger partial charge in [-0.15, -0.1) is 0 Å². The topological polar surface area (TPSA) is 102 Å². The highest BCUT2D eigenvalue weighted by atomic mass is 32.2. The van der Waals surface area contributed by atoms with E-state index >= 15 is 0 Å². The molecule has 216 valence electrons. The molecular weight excluding hydrogens is 545 g/mol. The van der Waals surface area contributed by atoms with Crippen LogP contribution in [0, 0.1) is 5.82 Å². The molecule has 3 aromatic rings. The van der Waals surface area contributed by atoms with E-state index in [4.69, 9.17) is 4.99 Å². The van der Waals surface area contributed by atoms with Gasteiger partial charge in [0.2, 0.25) is 21.8 Å². The van der Waals surface area contributed by atoms with Gasteiger partial charge in [0.1, 0.15) is 11.7 Å². The molecular formula is C30H34FN5O4S. The summed E-state index contributed by atoms with van der Waals surface area (Å²) in [5.41, 5.74) is 3.93. The molecule has 1 atom stereocenters. The number of aliphatic imine (C=N–C) groups is 1. The highest BCUT2D eigenvalue weighted by Gasteiger charge is 2.35.